The fraction of sp³-hybridized carbons (Fsp3) is 0.833. The van der Waals surface area contributed by atoms with E-state index in [0.29, 0.717) is 25.9 Å². The van der Waals surface area contributed by atoms with E-state index in [1.807, 2.05) is 13.8 Å². The third kappa shape index (κ3) is 3.11. The molecule has 0 heterocycles. The Balaban J connectivity index is 2.67. The van der Waals surface area contributed by atoms with Gasteiger partial charge in [-0.15, -0.1) is 0 Å². The third-order valence-electron chi connectivity index (χ3n) is 3.38. The van der Waals surface area contributed by atoms with Crippen molar-refractivity contribution in [2.45, 2.75) is 51.5 Å². The number of rotatable bonds is 5. The lowest BCUT2D eigenvalue weighted by Gasteiger charge is -2.29. The molecule has 0 saturated heterocycles. The van der Waals surface area contributed by atoms with E-state index in [4.69, 9.17) is 0 Å². The van der Waals surface area contributed by atoms with Gasteiger partial charge < -0.3 is 15.3 Å². The van der Waals surface area contributed by atoms with Gasteiger partial charge in [-0.3, -0.25) is 0 Å². The van der Waals surface area contributed by atoms with Crippen LogP contribution in [0.4, 0.5) is 4.79 Å². The normalized spacial score (nSPS) is 17.8. The molecule has 0 radical (unpaired) electrons. The lowest BCUT2D eigenvalue weighted by molar-refractivity contribution is -0.144. The molecule has 0 bridgehead atoms. The van der Waals surface area contributed by atoms with Crippen LogP contribution in [0.1, 0.15) is 46.0 Å². The second-order valence-corrected chi connectivity index (χ2v) is 4.60. The highest BCUT2D eigenvalue weighted by Gasteiger charge is 2.43. The molecule has 0 atom stereocenters. The number of amides is 2. The summed E-state index contributed by atoms with van der Waals surface area (Å²) in [6, 6.07) is -0.251. The Kier molecular flexibility index (Phi) is 4.78. The lowest BCUT2D eigenvalue weighted by Crippen LogP contribution is -2.56. The van der Waals surface area contributed by atoms with Gasteiger partial charge in [-0.25, -0.2) is 9.59 Å². The minimum Gasteiger partial charge on any atom is -0.480 e. The minimum atomic E-state index is -1.03. The van der Waals surface area contributed by atoms with E-state index in [0.717, 1.165) is 19.3 Å². The third-order valence-corrected chi connectivity index (χ3v) is 3.38. The predicted molar refractivity (Wildman–Crippen MR) is 64.9 cm³/mol. The number of nitrogens with one attached hydrogen (secondary N) is 1. The van der Waals surface area contributed by atoms with Crippen LogP contribution in [0.3, 0.4) is 0 Å². The molecule has 0 spiro atoms. The summed E-state index contributed by atoms with van der Waals surface area (Å²) in [4.78, 5) is 24.9. The summed E-state index contributed by atoms with van der Waals surface area (Å²) in [6.07, 6.45) is 3.69. The number of carbonyl (C=O) groups excluding carboxylic acids is 1. The highest BCUT2D eigenvalue weighted by atomic mass is 16.4. The van der Waals surface area contributed by atoms with E-state index < -0.39 is 11.5 Å². The molecule has 1 fully saturated rings. The van der Waals surface area contributed by atoms with Crippen molar-refractivity contribution in [1.29, 1.82) is 0 Å². The fourth-order valence-corrected chi connectivity index (χ4v) is 2.33. The monoisotopic (exact) mass is 242 g/mol. The Morgan fingerprint density at radius 1 is 1.29 bits per heavy atom. The van der Waals surface area contributed by atoms with Gasteiger partial charge in [0.25, 0.3) is 0 Å². The number of carbonyl (C=O) groups is 2. The molecule has 0 aromatic heterocycles. The van der Waals surface area contributed by atoms with Gasteiger partial charge >= 0.3 is 12.0 Å². The topological polar surface area (TPSA) is 69.6 Å². The minimum absolute atomic E-state index is 0.251. The fourth-order valence-electron chi connectivity index (χ4n) is 2.33. The summed E-state index contributed by atoms with van der Waals surface area (Å²) in [6.45, 7) is 5.17. The Morgan fingerprint density at radius 2 is 1.88 bits per heavy atom. The van der Waals surface area contributed by atoms with Crippen LogP contribution in [0.2, 0.25) is 0 Å². The smallest absolute Gasteiger partial charge is 0.329 e. The zero-order chi connectivity index (χ0) is 12.9. The zero-order valence-corrected chi connectivity index (χ0v) is 10.7. The molecule has 1 aliphatic carbocycles. The maximum absolute atomic E-state index is 12.0. The molecule has 2 N–H and O–H groups in total. The van der Waals surface area contributed by atoms with Gasteiger partial charge in [-0.05, 0) is 26.2 Å². The molecular weight excluding hydrogens is 220 g/mol. The van der Waals surface area contributed by atoms with Gasteiger partial charge in [0.1, 0.15) is 5.54 Å². The van der Waals surface area contributed by atoms with E-state index in [9.17, 15) is 14.7 Å². The first kappa shape index (κ1) is 13.8. The summed E-state index contributed by atoms with van der Waals surface area (Å²) in [5, 5.41) is 12.0. The Hall–Kier alpha value is -1.26. The van der Waals surface area contributed by atoms with E-state index in [-0.39, 0.29) is 6.03 Å². The van der Waals surface area contributed by atoms with E-state index in [2.05, 4.69) is 5.32 Å². The molecule has 5 heteroatoms. The van der Waals surface area contributed by atoms with Crippen LogP contribution in [-0.4, -0.2) is 40.6 Å². The van der Waals surface area contributed by atoms with Crippen LogP contribution in [0.25, 0.3) is 0 Å². The van der Waals surface area contributed by atoms with Crippen molar-refractivity contribution in [1.82, 2.24) is 10.2 Å². The molecule has 0 unspecified atom stereocenters. The standard InChI is InChI=1S/C12H22N2O3/c1-3-9-14(4-2)11(17)13-12(10(15)16)7-5-6-8-12/h3-9H2,1-2H3,(H,13,17)(H,15,16). The quantitative estimate of drug-likeness (QED) is 0.772. The zero-order valence-electron chi connectivity index (χ0n) is 10.7. The SMILES string of the molecule is CCCN(CC)C(=O)NC1(C(=O)O)CCCC1. The Bertz CT molecular complexity index is 285. The summed E-state index contributed by atoms with van der Waals surface area (Å²) in [7, 11) is 0. The molecule has 1 aliphatic rings. The highest BCUT2D eigenvalue weighted by molar-refractivity contribution is 5.86. The molecule has 98 valence electrons. The van der Waals surface area contributed by atoms with Gasteiger partial charge in [0, 0.05) is 13.1 Å². The first-order chi connectivity index (χ1) is 8.05. The van der Waals surface area contributed by atoms with Crippen molar-refractivity contribution in [3.8, 4) is 0 Å². The number of carboxylic acids is 1. The van der Waals surface area contributed by atoms with Crippen molar-refractivity contribution >= 4 is 12.0 Å². The first-order valence-corrected chi connectivity index (χ1v) is 6.36. The van der Waals surface area contributed by atoms with Gasteiger partial charge in [-0.2, -0.15) is 0 Å². The summed E-state index contributed by atoms with van der Waals surface area (Å²) in [5.41, 5.74) is -1.03. The first-order valence-electron chi connectivity index (χ1n) is 6.36. The molecular formula is C12H22N2O3. The van der Waals surface area contributed by atoms with Gasteiger partial charge in [0.05, 0.1) is 0 Å². The maximum Gasteiger partial charge on any atom is 0.329 e. The average molecular weight is 242 g/mol. The largest absolute Gasteiger partial charge is 0.480 e. The lowest BCUT2D eigenvalue weighted by atomic mass is 9.98. The average Bonchev–Trinajstić information content (AvgIpc) is 2.75. The van der Waals surface area contributed by atoms with E-state index >= 15 is 0 Å². The molecule has 1 rings (SSSR count). The Morgan fingerprint density at radius 3 is 2.29 bits per heavy atom. The highest BCUT2D eigenvalue weighted by Crippen LogP contribution is 2.30. The van der Waals surface area contributed by atoms with Crippen molar-refractivity contribution < 1.29 is 14.7 Å². The molecule has 0 aromatic carbocycles. The predicted octanol–water partition coefficient (Wildman–Crippen LogP) is 1.83. The summed E-state index contributed by atoms with van der Waals surface area (Å²) >= 11 is 0. The molecule has 2 amide bonds. The van der Waals surface area contributed by atoms with Gasteiger partial charge in [0.15, 0.2) is 0 Å². The van der Waals surface area contributed by atoms with Crippen LogP contribution in [0.5, 0.6) is 0 Å². The van der Waals surface area contributed by atoms with Gasteiger partial charge in [0.2, 0.25) is 0 Å². The van der Waals surface area contributed by atoms with Crippen LogP contribution < -0.4 is 5.32 Å². The van der Waals surface area contributed by atoms with Gasteiger partial charge in [-0.1, -0.05) is 19.8 Å². The molecule has 5 nitrogen and oxygen atoms in total. The maximum atomic E-state index is 12.0. The van der Waals surface area contributed by atoms with Crippen molar-refractivity contribution in [3.63, 3.8) is 0 Å². The van der Waals surface area contributed by atoms with Crippen molar-refractivity contribution in [2.75, 3.05) is 13.1 Å². The number of aliphatic carboxylic acids is 1. The Labute approximate surface area is 102 Å². The second kappa shape index (κ2) is 5.89. The molecule has 0 aromatic rings. The van der Waals surface area contributed by atoms with E-state index in [1.165, 1.54) is 0 Å². The summed E-state index contributed by atoms with van der Waals surface area (Å²) in [5.74, 6) is -0.907. The van der Waals surface area contributed by atoms with Crippen LogP contribution in [-0.2, 0) is 4.79 Å². The molecule has 17 heavy (non-hydrogen) atoms. The van der Waals surface area contributed by atoms with Crippen molar-refractivity contribution in [3.05, 3.63) is 0 Å². The number of hydrogen-bond donors (Lipinski definition) is 2. The molecule has 1 saturated carbocycles. The van der Waals surface area contributed by atoms with Crippen molar-refractivity contribution in [2.24, 2.45) is 0 Å². The van der Waals surface area contributed by atoms with E-state index in [1.54, 1.807) is 4.90 Å². The number of nitrogens with zero attached hydrogens (tertiary/aromatic N) is 1. The summed E-state index contributed by atoms with van der Waals surface area (Å²) < 4.78 is 0. The number of hydrogen-bond acceptors (Lipinski definition) is 2. The number of urea groups is 1. The van der Waals surface area contributed by atoms with Crippen LogP contribution in [0, 0.1) is 0 Å². The number of carboxylic acid groups (broad SMARTS) is 1. The molecule has 0 aliphatic heterocycles. The van der Waals surface area contributed by atoms with Crippen LogP contribution in [0.15, 0.2) is 0 Å². The second-order valence-electron chi connectivity index (χ2n) is 4.60. The van der Waals surface area contributed by atoms with Crippen LogP contribution >= 0.6 is 0 Å².